The molecule has 0 aromatic heterocycles. The van der Waals surface area contributed by atoms with Crippen molar-refractivity contribution >= 4 is 11.4 Å². The highest BCUT2D eigenvalue weighted by Crippen LogP contribution is 2.22. The number of nitrogens with zero attached hydrogens (tertiary/aromatic N) is 1. The summed E-state index contributed by atoms with van der Waals surface area (Å²) in [6, 6.07) is 5.73. The van der Waals surface area contributed by atoms with Crippen LogP contribution in [-0.4, -0.2) is 50.4 Å². The predicted molar refractivity (Wildman–Crippen MR) is 82.4 cm³/mol. The summed E-state index contributed by atoms with van der Waals surface area (Å²) >= 11 is 0. The van der Waals surface area contributed by atoms with E-state index >= 15 is 0 Å². The van der Waals surface area contributed by atoms with Crippen LogP contribution in [0.3, 0.4) is 0 Å². The van der Waals surface area contributed by atoms with E-state index in [1.165, 1.54) is 0 Å². The first-order chi connectivity index (χ1) is 9.71. The van der Waals surface area contributed by atoms with E-state index in [0.717, 1.165) is 44.2 Å². The van der Waals surface area contributed by atoms with E-state index in [4.69, 9.17) is 15.2 Å². The maximum Gasteiger partial charge on any atom is 0.123 e. The molecule has 1 aliphatic rings. The van der Waals surface area contributed by atoms with Crippen LogP contribution in [-0.2, 0) is 4.74 Å². The number of nitrogens with one attached hydrogen (secondary N) is 1. The van der Waals surface area contributed by atoms with Gasteiger partial charge in [0, 0.05) is 43.1 Å². The average molecular weight is 279 g/mol. The Morgan fingerprint density at radius 2 is 2.25 bits per heavy atom. The zero-order valence-corrected chi connectivity index (χ0v) is 12.4. The number of hydrogen-bond donors (Lipinski definition) is 2. The summed E-state index contributed by atoms with van der Waals surface area (Å²) in [6.45, 7) is 9.46. The lowest BCUT2D eigenvalue weighted by molar-refractivity contribution is -0.0191. The Labute approximate surface area is 121 Å². The topological polar surface area (TPSA) is 59.8 Å². The first-order valence-electron chi connectivity index (χ1n) is 7.32. The first kappa shape index (κ1) is 14.9. The Bertz CT molecular complexity index is 426. The van der Waals surface area contributed by atoms with E-state index in [-0.39, 0.29) is 6.10 Å². The lowest BCUT2D eigenvalue weighted by Crippen LogP contribution is -2.45. The number of anilines is 2. The number of nitrogen functional groups attached to an aromatic ring is 1. The van der Waals surface area contributed by atoms with E-state index in [1.54, 1.807) is 0 Å². The van der Waals surface area contributed by atoms with Crippen molar-refractivity contribution in [3.8, 4) is 5.75 Å². The van der Waals surface area contributed by atoms with Gasteiger partial charge in [-0.3, -0.25) is 4.90 Å². The maximum atomic E-state index is 5.88. The van der Waals surface area contributed by atoms with Crippen molar-refractivity contribution in [2.24, 2.45) is 0 Å². The molecule has 5 nitrogen and oxygen atoms in total. The normalized spacial score (nSPS) is 19.8. The summed E-state index contributed by atoms with van der Waals surface area (Å²) in [6.07, 6.45) is 0.223. The fourth-order valence-corrected chi connectivity index (χ4v) is 2.40. The number of morpholine rings is 1. The quantitative estimate of drug-likeness (QED) is 0.778. The molecule has 2 rings (SSSR count). The van der Waals surface area contributed by atoms with Gasteiger partial charge in [0.15, 0.2) is 0 Å². The maximum absolute atomic E-state index is 5.88. The summed E-state index contributed by atoms with van der Waals surface area (Å²) in [5, 5.41) is 3.39. The van der Waals surface area contributed by atoms with Crippen LogP contribution in [0.4, 0.5) is 11.4 Å². The van der Waals surface area contributed by atoms with Gasteiger partial charge in [-0.25, -0.2) is 0 Å². The fraction of sp³-hybridized carbons (Fsp3) is 0.600. The molecule has 1 aliphatic heterocycles. The summed E-state index contributed by atoms with van der Waals surface area (Å²) in [5.41, 5.74) is 7.57. The molecule has 1 heterocycles. The van der Waals surface area contributed by atoms with Gasteiger partial charge in [-0.05, 0) is 19.5 Å². The Hall–Kier alpha value is -1.46. The van der Waals surface area contributed by atoms with Crippen LogP contribution in [0.1, 0.15) is 13.8 Å². The van der Waals surface area contributed by atoms with Crippen molar-refractivity contribution in [2.45, 2.75) is 20.0 Å². The van der Waals surface area contributed by atoms with Crippen LogP contribution in [0, 0.1) is 0 Å². The average Bonchev–Trinajstić information content (AvgIpc) is 2.45. The molecule has 1 aromatic rings. The molecule has 20 heavy (non-hydrogen) atoms. The molecule has 1 atom stereocenters. The zero-order chi connectivity index (χ0) is 14.4. The van der Waals surface area contributed by atoms with Crippen molar-refractivity contribution in [3.05, 3.63) is 18.2 Å². The number of benzene rings is 1. The molecule has 5 heteroatoms. The van der Waals surface area contributed by atoms with Crippen molar-refractivity contribution < 1.29 is 9.47 Å². The van der Waals surface area contributed by atoms with Gasteiger partial charge in [0.1, 0.15) is 5.75 Å². The molecular weight excluding hydrogens is 254 g/mol. The van der Waals surface area contributed by atoms with Gasteiger partial charge in [0.2, 0.25) is 0 Å². The monoisotopic (exact) mass is 279 g/mol. The van der Waals surface area contributed by atoms with E-state index in [1.807, 2.05) is 25.1 Å². The summed E-state index contributed by atoms with van der Waals surface area (Å²) < 4.78 is 11.3. The van der Waals surface area contributed by atoms with Crippen LogP contribution < -0.4 is 15.8 Å². The fourth-order valence-electron chi connectivity index (χ4n) is 2.40. The molecule has 0 amide bonds. The van der Waals surface area contributed by atoms with Crippen molar-refractivity contribution in [1.29, 1.82) is 0 Å². The van der Waals surface area contributed by atoms with E-state index in [0.29, 0.717) is 12.3 Å². The van der Waals surface area contributed by atoms with Gasteiger partial charge in [-0.15, -0.1) is 0 Å². The van der Waals surface area contributed by atoms with E-state index in [9.17, 15) is 0 Å². The van der Waals surface area contributed by atoms with Crippen LogP contribution in [0.15, 0.2) is 18.2 Å². The second-order valence-corrected chi connectivity index (χ2v) is 4.99. The van der Waals surface area contributed by atoms with Gasteiger partial charge in [0.05, 0.1) is 19.3 Å². The highest BCUT2D eigenvalue weighted by Gasteiger charge is 2.18. The van der Waals surface area contributed by atoms with Crippen LogP contribution >= 0.6 is 0 Å². The summed E-state index contributed by atoms with van der Waals surface area (Å²) in [5.74, 6) is 0.801. The minimum atomic E-state index is 0.223. The first-order valence-corrected chi connectivity index (χ1v) is 7.32. The molecule has 1 saturated heterocycles. The Morgan fingerprint density at radius 1 is 1.40 bits per heavy atom. The van der Waals surface area contributed by atoms with Crippen LogP contribution in [0.25, 0.3) is 0 Å². The molecule has 112 valence electrons. The molecule has 3 N–H and O–H groups in total. The number of likely N-dealkylation sites (N-methyl/N-ethyl adjacent to an activating group) is 1. The second kappa shape index (κ2) is 7.36. The molecule has 1 unspecified atom stereocenters. The van der Waals surface area contributed by atoms with Gasteiger partial charge >= 0.3 is 0 Å². The summed E-state index contributed by atoms with van der Waals surface area (Å²) in [7, 11) is 0. The smallest absolute Gasteiger partial charge is 0.123 e. The van der Waals surface area contributed by atoms with Gasteiger partial charge < -0.3 is 20.5 Å². The molecule has 1 fully saturated rings. The molecular formula is C15H25N3O2. The SMILES string of the molecule is CCOc1cc(N)cc(NCC2CN(CC)CCO2)c1. The highest BCUT2D eigenvalue weighted by atomic mass is 16.5. The minimum Gasteiger partial charge on any atom is -0.494 e. The van der Waals surface area contributed by atoms with E-state index in [2.05, 4.69) is 17.1 Å². The minimum absolute atomic E-state index is 0.223. The Balaban J connectivity index is 1.89. The second-order valence-electron chi connectivity index (χ2n) is 4.99. The number of ether oxygens (including phenoxy) is 2. The molecule has 0 spiro atoms. The molecule has 0 aliphatic carbocycles. The van der Waals surface area contributed by atoms with Crippen molar-refractivity contribution in [3.63, 3.8) is 0 Å². The van der Waals surface area contributed by atoms with Gasteiger partial charge in [-0.2, -0.15) is 0 Å². The number of rotatable bonds is 6. The molecule has 0 bridgehead atoms. The standard InChI is InChI=1S/C15H25N3O2/c1-3-18-5-6-20-15(11-18)10-17-13-7-12(16)8-14(9-13)19-4-2/h7-9,15,17H,3-6,10-11,16H2,1-2H3. The number of hydrogen-bond acceptors (Lipinski definition) is 5. The Morgan fingerprint density at radius 3 is 3.00 bits per heavy atom. The van der Waals surface area contributed by atoms with Gasteiger partial charge in [0.25, 0.3) is 0 Å². The lowest BCUT2D eigenvalue weighted by atomic mass is 10.2. The largest absolute Gasteiger partial charge is 0.494 e. The Kier molecular flexibility index (Phi) is 5.49. The van der Waals surface area contributed by atoms with Crippen molar-refractivity contribution in [1.82, 2.24) is 4.90 Å². The van der Waals surface area contributed by atoms with Crippen LogP contribution in [0.2, 0.25) is 0 Å². The third-order valence-corrected chi connectivity index (χ3v) is 3.44. The van der Waals surface area contributed by atoms with Gasteiger partial charge in [-0.1, -0.05) is 6.92 Å². The third-order valence-electron chi connectivity index (χ3n) is 3.44. The van der Waals surface area contributed by atoms with Crippen molar-refractivity contribution in [2.75, 3.05) is 50.4 Å². The zero-order valence-electron chi connectivity index (χ0n) is 12.4. The van der Waals surface area contributed by atoms with E-state index < -0.39 is 0 Å². The summed E-state index contributed by atoms with van der Waals surface area (Å²) in [4.78, 5) is 2.40. The molecule has 0 saturated carbocycles. The molecule has 0 radical (unpaired) electrons. The highest BCUT2D eigenvalue weighted by molar-refractivity contribution is 5.59. The third kappa shape index (κ3) is 4.28. The lowest BCUT2D eigenvalue weighted by Gasteiger charge is -2.32. The number of nitrogens with two attached hydrogens (primary N) is 1. The van der Waals surface area contributed by atoms with Crippen LogP contribution in [0.5, 0.6) is 5.75 Å². The molecule has 1 aromatic carbocycles. The predicted octanol–water partition coefficient (Wildman–Crippen LogP) is 1.80.